The summed E-state index contributed by atoms with van der Waals surface area (Å²) < 4.78 is 22.6. The van der Waals surface area contributed by atoms with Crippen molar-refractivity contribution in [2.45, 2.75) is 33.0 Å². The van der Waals surface area contributed by atoms with Crippen LogP contribution in [0, 0.1) is 0 Å². The van der Waals surface area contributed by atoms with Gasteiger partial charge in [-0.1, -0.05) is 12.1 Å². The topological polar surface area (TPSA) is 52.6 Å². The first-order valence-corrected chi connectivity index (χ1v) is 6.08. The molecule has 1 atom stereocenters. The van der Waals surface area contributed by atoms with Gasteiger partial charge in [0.15, 0.2) is 0 Å². The molecule has 0 saturated heterocycles. The number of carbonyl (C=O) groups excluding carboxylic acids is 2. The molecule has 0 spiro atoms. The van der Waals surface area contributed by atoms with E-state index in [1.54, 1.807) is 31.2 Å². The first kappa shape index (κ1) is 15.1. The fraction of sp³-hybridized carbons (Fsp3) is 0.429. The Hall–Kier alpha value is -1.91. The molecule has 0 N–H and O–H groups in total. The highest BCUT2D eigenvalue weighted by molar-refractivity contribution is 5.75. The quantitative estimate of drug-likeness (QED) is 0.713. The van der Waals surface area contributed by atoms with Crippen molar-refractivity contribution in [2.24, 2.45) is 0 Å². The molecule has 0 radical (unpaired) electrons. The molecule has 4 nitrogen and oxygen atoms in total. The summed E-state index contributed by atoms with van der Waals surface area (Å²) in [7, 11) is 0. The minimum Gasteiger partial charge on any atom is -0.461 e. The van der Waals surface area contributed by atoms with Crippen molar-refractivity contribution in [3.05, 3.63) is 29.8 Å². The third-order valence-corrected chi connectivity index (χ3v) is 2.40. The zero-order valence-electron chi connectivity index (χ0n) is 11.0. The van der Waals surface area contributed by atoms with Crippen molar-refractivity contribution in [1.29, 1.82) is 0 Å². The summed E-state index contributed by atoms with van der Waals surface area (Å²) in [6.07, 6.45) is -1.02. The Kier molecular flexibility index (Phi) is 5.99. The average molecular weight is 268 g/mol. The first-order valence-electron chi connectivity index (χ1n) is 6.08. The summed E-state index contributed by atoms with van der Waals surface area (Å²) in [5, 5.41) is 0. The largest absolute Gasteiger partial charge is 0.461 e. The molecule has 0 heterocycles. The number of benzene rings is 1. The van der Waals surface area contributed by atoms with Crippen LogP contribution in [0.1, 0.15) is 25.8 Å². The van der Waals surface area contributed by atoms with Gasteiger partial charge in [0.25, 0.3) is 0 Å². The molecule has 0 saturated carbocycles. The molecule has 0 aliphatic rings. The summed E-state index contributed by atoms with van der Waals surface area (Å²) >= 11 is 0. The molecule has 1 unspecified atom stereocenters. The average Bonchev–Trinajstić information content (AvgIpc) is 2.38. The lowest BCUT2D eigenvalue weighted by Gasteiger charge is -2.10. The van der Waals surface area contributed by atoms with Gasteiger partial charge in [0, 0.05) is 6.42 Å². The number of carbonyl (C=O) groups is 2. The zero-order chi connectivity index (χ0) is 14.3. The number of ether oxygens (including phenoxy) is 2. The van der Waals surface area contributed by atoms with Gasteiger partial charge in [0.05, 0.1) is 6.61 Å². The van der Waals surface area contributed by atoms with Crippen LogP contribution in [0.3, 0.4) is 0 Å². The Morgan fingerprint density at radius 3 is 2.42 bits per heavy atom. The Morgan fingerprint density at radius 2 is 1.89 bits per heavy atom. The number of Topliss-reactive ketones (excluding diaryl/α,β-unsaturated/α-hetero) is 1. The molecular formula is C14H17FO4. The van der Waals surface area contributed by atoms with Crippen molar-refractivity contribution in [2.75, 3.05) is 6.61 Å². The van der Waals surface area contributed by atoms with Gasteiger partial charge in [-0.05, 0) is 38.0 Å². The van der Waals surface area contributed by atoms with Gasteiger partial charge in [-0.3, -0.25) is 0 Å². The number of hydrogen-bond acceptors (Lipinski definition) is 4. The van der Waals surface area contributed by atoms with E-state index in [1.807, 2.05) is 0 Å². The normalized spacial score (nSPS) is 11.7. The van der Waals surface area contributed by atoms with Gasteiger partial charge >= 0.3 is 12.3 Å². The molecule has 0 amide bonds. The lowest BCUT2D eigenvalue weighted by Crippen LogP contribution is -2.24. The third kappa shape index (κ3) is 5.50. The van der Waals surface area contributed by atoms with Crippen LogP contribution >= 0.6 is 0 Å². The molecule has 0 bridgehead atoms. The van der Waals surface area contributed by atoms with E-state index in [0.717, 1.165) is 5.56 Å². The molecule has 1 aromatic carbocycles. The molecule has 5 heteroatoms. The highest BCUT2D eigenvalue weighted by Crippen LogP contribution is 2.16. The summed E-state index contributed by atoms with van der Waals surface area (Å²) in [6, 6.07) is 6.58. The summed E-state index contributed by atoms with van der Waals surface area (Å²) in [6.45, 7) is 3.23. The molecule has 0 fully saturated rings. The molecule has 104 valence electrons. The number of ketones is 1. The Bertz CT molecular complexity index is 428. The van der Waals surface area contributed by atoms with Crippen LogP contribution in [-0.4, -0.2) is 24.7 Å². The van der Waals surface area contributed by atoms with E-state index in [-0.39, 0.29) is 18.1 Å². The number of halogens is 1. The highest BCUT2D eigenvalue weighted by atomic mass is 19.1. The first-order chi connectivity index (χ1) is 9.02. The second-order valence-electron chi connectivity index (χ2n) is 4.03. The van der Waals surface area contributed by atoms with E-state index in [0.29, 0.717) is 12.8 Å². The van der Waals surface area contributed by atoms with Crippen LogP contribution in [0.5, 0.6) is 5.75 Å². The molecule has 0 aliphatic heterocycles. The van der Waals surface area contributed by atoms with Gasteiger partial charge in [-0.15, -0.1) is 0 Å². The van der Waals surface area contributed by atoms with Crippen LogP contribution in [0.25, 0.3) is 0 Å². The van der Waals surface area contributed by atoms with Crippen molar-refractivity contribution in [3.63, 3.8) is 0 Å². The molecule has 1 rings (SSSR count). The Labute approximate surface area is 111 Å². The number of alkyl halides is 1. The highest BCUT2D eigenvalue weighted by Gasteiger charge is 2.20. The fourth-order valence-electron chi connectivity index (χ4n) is 1.43. The van der Waals surface area contributed by atoms with Gasteiger partial charge < -0.3 is 14.3 Å². The van der Waals surface area contributed by atoms with Gasteiger partial charge in [0.1, 0.15) is 11.5 Å². The van der Waals surface area contributed by atoms with Crippen LogP contribution in [-0.2, 0) is 20.7 Å². The Morgan fingerprint density at radius 1 is 1.26 bits per heavy atom. The fourth-order valence-corrected chi connectivity index (χ4v) is 1.43. The van der Waals surface area contributed by atoms with Gasteiger partial charge in [-0.25, -0.2) is 4.79 Å². The van der Waals surface area contributed by atoms with E-state index in [9.17, 15) is 14.0 Å². The van der Waals surface area contributed by atoms with Crippen LogP contribution in [0.15, 0.2) is 24.3 Å². The van der Waals surface area contributed by atoms with Gasteiger partial charge in [-0.2, -0.15) is 4.39 Å². The lowest BCUT2D eigenvalue weighted by molar-refractivity contribution is -0.159. The van der Waals surface area contributed by atoms with E-state index in [4.69, 9.17) is 4.74 Å². The standard InChI is InChI=1S/C14H17FO4/c1-3-18-14(17)13(15)19-12-8-6-11(7-9-12)5-4-10(2)16/h6-9,13H,3-5H2,1-2H3. The number of rotatable bonds is 7. The SMILES string of the molecule is CCOC(=O)C(F)Oc1ccc(CCC(C)=O)cc1. The lowest BCUT2D eigenvalue weighted by atomic mass is 10.1. The van der Waals surface area contributed by atoms with Crippen molar-refractivity contribution in [3.8, 4) is 5.75 Å². The smallest absolute Gasteiger partial charge is 0.381 e. The van der Waals surface area contributed by atoms with Crippen LogP contribution in [0.4, 0.5) is 4.39 Å². The summed E-state index contributed by atoms with van der Waals surface area (Å²) in [4.78, 5) is 21.9. The van der Waals surface area contributed by atoms with Crippen molar-refractivity contribution < 1.29 is 23.5 Å². The second kappa shape index (κ2) is 7.51. The number of esters is 1. The minimum atomic E-state index is -2.12. The van der Waals surface area contributed by atoms with Gasteiger partial charge in [0.2, 0.25) is 0 Å². The van der Waals surface area contributed by atoms with Crippen LogP contribution in [0.2, 0.25) is 0 Å². The van der Waals surface area contributed by atoms with Crippen molar-refractivity contribution in [1.82, 2.24) is 0 Å². The molecule has 0 aliphatic carbocycles. The summed E-state index contributed by atoms with van der Waals surface area (Å²) in [5.41, 5.74) is 0.953. The molecule has 0 aromatic heterocycles. The summed E-state index contributed by atoms with van der Waals surface area (Å²) in [5.74, 6) is -0.679. The minimum absolute atomic E-state index is 0.104. The van der Waals surface area contributed by atoms with Crippen molar-refractivity contribution >= 4 is 11.8 Å². The van der Waals surface area contributed by atoms with E-state index < -0.39 is 12.3 Å². The van der Waals surface area contributed by atoms with E-state index in [2.05, 4.69) is 4.74 Å². The van der Waals surface area contributed by atoms with E-state index in [1.165, 1.54) is 6.92 Å². The number of aryl methyl sites for hydroxylation is 1. The predicted molar refractivity (Wildman–Crippen MR) is 67.6 cm³/mol. The second-order valence-corrected chi connectivity index (χ2v) is 4.03. The maximum atomic E-state index is 13.3. The predicted octanol–water partition coefficient (Wildman–Crippen LogP) is 2.45. The molecule has 1 aromatic rings. The van der Waals surface area contributed by atoms with E-state index >= 15 is 0 Å². The molecular weight excluding hydrogens is 251 g/mol. The number of hydrogen-bond donors (Lipinski definition) is 0. The Balaban J connectivity index is 2.52. The zero-order valence-corrected chi connectivity index (χ0v) is 11.0. The maximum absolute atomic E-state index is 13.3. The monoisotopic (exact) mass is 268 g/mol. The molecule has 19 heavy (non-hydrogen) atoms. The maximum Gasteiger partial charge on any atom is 0.381 e. The van der Waals surface area contributed by atoms with Crippen LogP contribution < -0.4 is 4.74 Å². The third-order valence-electron chi connectivity index (χ3n) is 2.40.